The van der Waals surface area contributed by atoms with E-state index in [0.29, 0.717) is 25.2 Å². The van der Waals surface area contributed by atoms with Gasteiger partial charge in [-0.1, -0.05) is 0 Å². The first kappa shape index (κ1) is 17.5. The molecule has 1 spiro atoms. The van der Waals surface area contributed by atoms with Gasteiger partial charge in [-0.15, -0.1) is 0 Å². The van der Waals surface area contributed by atoms with E-state index < -0.39 is 12.0 Å². The number of rotatable bonds is 2. The summed E-state index contributed by atoms with van der Waals surface area (Å²) in [5.74, 6) is -2.52. The van der Waals surface area contributed by atoms with Crippen LogP contribution in [0.3, 0.4) is 0 Å². The van der Waals surface area contributed by atoms with E-state index in [-0.39, 0.29) is 24.4 Å². The van der Waals surface area contributed by atoms with E-state index in [1.165, 1.54) is 0 Å². The molecule has 3 aliphatic heterocycles. The first-order valence-electron chi connectivity index (χ1n) is 9.62. The van der Waals surface area contributed by atoms with Gasteiger partial charge in [0.15, 0.2) is 0 Å². The predicted octanol–water partition coefficient (Wildman–Crippen LogP) is 2.71. The minimum absolute atomic E-state index is 0.00155. The molecule has 3 heterocycles. The van der Waals surface area contributed by atoms with Crippen LogP contribution in [0.1, 0.15) is 45.4 Å². The Hall–Kier alpha value is -0.950. The minimum atomic E-state index is -2.52. The molecule has 1 saturated carbocycles. The highest BCUT2D eigenvalue weighted by Crippen LogP contribution is 2.50. The number of amides is 1. The van der Waals surface area contributed by atoms with E-state index in [1.807, 2.05) is 11.8 Å². The lowest BCUT2D eigenvalue weighted by Crippen LogP contribution is -2.56. The third kappa shape index (κ3) is 3.25. The highest BCUT2D eigenvalue weighted by Gasteiger charge is 2.52. The molecule has 3 saturated heterocycles. The summed E-state index contributed by atoms with van der Waals surface area (Å²) >= 11 is 0. The van der Waals surface area contributed by atoms with Crippen molar-refractivity contribution in [3.8, 4) is 0 Å². The second kappa shape index (κ2) is 6.05. The SMILES string of the molecule is C[C@H]1CC(F)(F)CN1C1CCN(C2CC3(CCN(C(=O)O)C3)C2)CC1. The van der Waals surface area contributed by atoms with Crippen molar-refractivity contribution >= 4 is 6.09 Å². The van der Waals surface area contributed by atoms with E-state index in [9.17, 15) is 13.6 Å². The van der Waals surface area contributed by atoms with Crippen molar-refractivity contribution in [3.05, 3.63) is 0 Å². The Morgan fingerprint density at radius 3 is 2.24 bits per heavy atom. The lowest BCUT2D eigenvalue weighted by atomic mass is 9.64. The Bertz CT molecular complexity index is 530. The van der Waals surface area contributed by atoms with Gasteiger partial charge < -0.3 is 14.9 Å². The second-order valence-electron chi connectivity index (χ2n) is 8.86. The summed E-state index contributed by atoms with van der Waals surface area (Å²) in [5.41, 5.74) is 0.214. The monoisotopic (exact) mass is 357 g/mol. The van der Waals surface area contributed by atoms with Crippen LogP contribution in [-0.4, -0.2) is 82.7 Å². The predicted molar refractivity (Wildman–Crippen MR) is 90.0 cm³/mol. The van der Waals surface area contributed by atoms with Gasteiger partial charge in [0.05, 0.1) is 6.54 Å². The maximum absolute atomic E-state index is 13.6. The third-order valence-electron chi connectivity index (χ3n) is 7.10. The van der Waals surface area contributed by atoms with Crippen molar-refractivity contribution in [3.63, 3.8) is 0 Å². The molecule has 1 atom stereocenters. The minimum Gasteiger partial charge on any atom is -0.465 e. The van der Waals surface area contributed by atoms with Crippen LogP contribution in [0.15, 0.2) is 0 Å². The van der Waals surface area contributed by atoms with Gasteiger partial charge in [-0.25, -0.2) is 13.6 Å². The summed E-state index contributed by atoms with van der Waals surface area (Å²) in [7, 11) is 0. The van der Waals surface area contributed by atoms with Gasteiger partial charge >= 0.3 is 6.09 Å². The molecule has 142 valence electrons. The summed E-state index contributed by atoms with van der Waals surface area (Å²) in [6, 6.07) is 0.841. The molecule has 1 N–H and O–H groups in total. The molecule has 0 aromatic carbocycles. The number of hydrogen-bond donors (Lipinski definition) is 1. The van der Waals surface area contributed by atoms with Crippen LogP contribution in [0.2, 0.25) is 0 Å². The summed E-state index contributed by atoms with van der Waals surface area (Å²) in [6.45, 7) is 5.19. The number of alkyl halides is 2. The van der Waals surface area contributed by atoms with Crippen molar-refractivity contribution in [2.24, 2.45) is 5.41 Å². The number of carbonyl (C=O) groups is 1. The molecule has 1 amide bonds. The molecule has 0 unspecified atom stereocenters. The molecule has 7 heteroatoms. The van der Waals surface area contributed by atoms with Crippen LogP contribution in [-0.2, 0) is 0 Å². The van der Waals surface area contributed by atoms with Crippen LogP contribution in [0.25, 0.3) is 0 Å². The van der Waals surface area contributed by atoms with E-state index >= 15 is 0 Å². The van der Waals surface area contributed by atoms with Gasteiger partial charge in [0.25, 0.3) is 5.92 Å². The van der Waals surface area contributed by atoms with E-state index in [0.717, 1.165) is 45.2 Å². The highest BCUT2D eigenvalue weighted by atomic mass is 19.3. The maximum Gasteiger partial charge on any atom is 0.407 e. The molecule has 0 bridgehead atoms. The first-order valence-corrected chi connectivity index (χ1v) is 9.62. The van der Waals surface area contributed by atoms with Gasteiger partial charge in [0, 0.05) is 37.6 Å². The number of hydrogen-bond acceptors (Lipinski definition) is 3. The fourth-order valence-electron chi connectivity index (χ4n) is 5.74. The molecule has 0 aromatic rings. The zero-order chi connectivity index (χ0) is 17.8. The zero-order valence-electron chi connectivity index (χ0n) is 15.0. The Kier molecular flexibility index (Phi) is 4.22. The average Bonchev–Trinajstić information content (AvgIpc) is 3.07. The van der Waals surface area contributed by atoms with Crippen molar-refractivity contribution in [2.45, 2.75) is 69.5 Å². The molecule has 0 aromatic heterocycles. The lowest BCUT2D eigenvalue weighted by Gasteiger charge is -2.52. The lowest BCUT2D eigenvalue weighted by molar-refractivity contribution is -0.0238. The quantitative estimate of drug-likeness (QED) is 0.825. The van der Waals surface area contributed by atoms with Gasteiger partial charge in [-0.2, -0.15) is 0 Å². The van der Waals surface area contributed by atoms with Crippen molar-refractivity contribution in [1.29, 1.82) is 0 Å². The number of halogens is 2. The molecule has 1 aliphatic carbocycles. The molecule has 25 heavy (non-hydrogen) atoms. The first-order chi connectivity index (χ1) is 11.8. The molecule has 4 aliphatic rings. The molecular weight excluding hydrogens is 328 g/mol. The highest BCUT2D eigenvalue weighted by molar-refractivity contribution is 5.65. The van der Waals surface area contributed by atoms with Crippen LogP contribution in [0, 0.1) is 5.41 Å². The van der Waals surface area contributed by atoms with Crippen LogP contribution in [0.4, 0.5) is 13.6 Å². The Morgan fingerprint density at radius 1 is 1.04 bits per heavy atom. The van der Waals surface area contributed by atoms with Crippen molar-refractivity contribution in [1.82, 2.24) is 14.7 Å². The number of likely N-dealkylation sites (tertiary alicyclic amines) is 3. The van der Waals surface area contributed by atoms with Gasteiger partial charge in [-0.3, -0.25) is 4.90 Å². The van der Waals surface area contributed by atoms with E-state index in [4.69, 9.17) is 5.11 Å². The van der Waals surface area contributed by atoms with Crippen LogP contribution >= 0.6 is 0 Å². The largest absolute Gasteiger partial charge is 0.465 e. The summed E-state index contributed by atoms with van der Waals surface area (Å²) in [5, 5.41) is 9.13. The maximum atomic E-state index is 13.6. The number of nitrogens with zero attached hydrogens (tertiary/aromatic N) is 3. The van der Waals surface area contributed by atoms with E-state index in [1.54, 1.807) is 4.90 Å². The van der Waals surface area contributed by atoms with Gasteiger partial charge in [0.2, 0.25) is 0 Å². The number of carboxylic acid groups (broad SMARTS) is 1. The topological polar surface area (TPSA) is 47.0 Å². The molecule has 0 radical (unpaired) electrons. The molecule has 4 fully saturated rings. The standard InChI is InChI=1S/C18H29F2N3O2/c1-13-8-18(19,20)12-23(13)14-2-5-21(6-3-14)15-9-17(10-15)4-7-22(11-17)16(24)25/h13-15H,2-12H2,1H3,(H,24,25)/t13-,15?,17?/m0/s1. The Balaban J connectivity index is 1.25. The second-order valence-corrected chi connectivity index (χ2v) is 8.86. The van der Waals surface area contributed by atoms with Crippen molar-refractivity contribution < 1.29 is 18.7 Å². The molecular formula is C18H29F2N3O2. The van der Waals surface area contributed by atoms with Gasteiger partial charge in [-0.05, 0) is 57.5 Å². The van der Waals surface area contributed by atoms with Crippen LogP contribution in [0.5, 0.6) is 0 Å². The van der Waals surface area contributed by atoms with Crippen LogP contribution < -0.4 is 0 Å². The normalized spacial score (nSPS) is 39.9. The summed E-state index contributed by atoms with van der Waals surface area (Å²) in [4.78, 5) is 17.2. The summed E-state index contributed by atoms with van der Waals surface area (Å²) in [6.07, 6.45) is 4.35. The summed E-state index contributed by atoms with van der Waals surface area (Å²) < 4.78 is 27.3. The third-order valence-corrected chi connectivity index (χ3v) is 7.10. The van der Waals surface area contributed by atoms with Crippen molar-refractivity contribution in [2.75, 3.05) is 32.7 Å². The smallest absolute Gasteiger partial charge is 0.407 e. The van der Waals surface area contributed by atoms with Gasteiger partial charge in [0.1, 0.15) is 0 Å². The fourth-order valence-corrected chi connectivity index (χ4v) is 5.74. The average molecular weight is 357 g/mol. The number of piperidine rings is 1. The fraction of sp³-hybridized carbons (Fsp3) is 0.944. The Morgan fingerprint density at radius 2 is 1.72 bits per heavy atom. The Labute approximate surface area is 147 Å². The van der Waals surface area contributed by atoms with E-state index in [2.05, 4.69) is 4.90 Å². The zero-order valence-corrected chi connectivity index (χ0v) is 15.0. The molecule has 4 rings (SSSR count). The molecule has 5 nitrogen and oxygen atoms in total.